The highest BCUT2D eigenvalue weighted by Gasteiger charge is 2.16. The molecule has 0 heterocycles. The molecule has 1 N–H and O–H groups in total. The fourth-order valence-electron chi connectivity index (χ4n) is 2.13. The molecule has 0 bridgehead atoms. The zero-order valence-corrected chi connectivity index (χ0v) is 17.1. The summed E-state index contributed by atoms with van der Waals surface area (Å²) in [5.41, 5.74) is 1.50. The normalized spacial score (nSPS) is 10.5. The molecule has 4 nitrogen and oxygen atoms in total. The predicted octanol–water partition coefficient (Wildman–Crippen LogP) is 5.66. The van der Waals surface area contributed by atoms with E-state index in [1.165, 1.54) is 7.11 Å². The highest BCUT2D eigenvalue weighted by Crippen LogP contribution is 2.28. The molecule has 0 amide bonds. The summed E-state index contributed by atoms with van der Waals surface area (Å²) < 4.78 is 10.2. The van der Waals surface area contributed by atoms with Crippen LogP contribution in [0.2, 0.25) is 5.02 Å². The Morgan fingerprint density at radius 1 is 1.08 bits per heavy atom. The van der Waals surface area contributed by atoms with E-state index in [1.807, 2.05) is 34.6 Å². The van der Waals surface area contributed by atoms with Crippen molar-refractivity contribution in [3.8, 4) is 5.75 Å². The van der Waals surface area contributed by atoms with Gasteiger partial charge in [0.2, 0.25) is 0 Å². The van der Waals surface area contributed by atoms with Crippen LogP contribution >= 0.6 is 11.6 Å². The lowest BCUT2D eigenvalue weighted by atomic mass is 9.99. The molecule has 0 saturated heterocycles. The third-order valence-corrected chi connectivity index (χ3v) is 3.38. The zero-order valence-electron chi connectivity index (χ0n) is 16.4. The second-order valence-electron chi connectivity index (χ2n) is 4.67. The molecule has 144 valence electrons. The summed E-state index contributed by atoms with van der Waals surface area (Å²) in [6, 6.07) is 11.8. The van der Waals surface area contributed by atoms with E-state index < -0.39 is 12.1 Å². The number of carbonyl (C=O) groups is 1. The van der Waals surface area contributed by atoms with Gasteiger partial charge in [-0.25, -0.2) is 4.79 Å². The van der Waals surface area contributed by atoms with E-state index in [-0.39, 0.29) is 0 Å². The third kappa shape index (κ3) is 7.06. The second-order valence-corrected chi connectivity index (χ2v) is 5.11. The number of rotatable bonds is 5. The smallest absolute Gasteiger partial charge is 0.337 e. The van der Waals surface area contributed by atoms with E-state index in [1.54, 1.807) is 42.5 Å². The Labute approximate surface area is 161 Å². The fraction of sp³-hybridized carbons (Fsp3) is 0.381. The summed E-state index contributed by atoms with van der Waals surface area (Å²) in [5.74, 6) is 0.0163. The van der Waals surface area contributed by atoms with Gasteiger partial charge in [-0.2, -0.15) is 0 Å². The lowest BCUT2D eigenvalue weighted by molar-refractivity contribution is 0.0600. The summed E-state index contributed by atoms with van der Waals surface area (Å²) in [4.78, 5) is 11.8. The largest absolute Gasteiger partial charge is 0.494 e. The second kappa shape index (κ2) is 13.2. The third-order valence-electron chi connectivity index (χ3n) is 3.14. The summed E-state index contributed by atoms with van der Waals surface area (Å²) in [6.45, 7) is 10.3. The Balaban J connectivity index is 0.00000146. The molecule has 2 rings (SSSR count). The van der Waals surface area contributed by atoms with Crippen molar-refractivity contribution in [1.82, 2.24) is 0 Å². The maximum absolute atomic E-state index is 11.8. The molecule has 26 heavy (non-hydrogen) atoms. The van der Waals surface area contributed by atoms with E-state index in [4.69, 9.17) is 21.1 Å². The van der Waals surface area contributed by atoms with Gasteiger partial charge in [-0.15, -0.1) is 0 Å². The first-order valence-electron chi connectivity index (χ1n) is 8.84. The Bertz CT molecular complexity index is 671. The fourth-order valence-corrected chi connectivity index (χ4v) is 2.33. The lowest BCUT2D eigenvalue weighted by Crippen LogP contribution is -2.06. The van der Waals surface area contributed by atoms with Gasteiger partial charge in [-0.1, -0.05) is 51.4 Å². The zero-order chi connectivity index (χ0) is 20.1. The van der Waals surface area contributed by atoms with Crippen LogP contribution in [0.3, 0.4) is 0 Å². The van der Waals surface area contributed by atoms with E-state index in [2.05, 4.69) is 0 Å². The molecule has 0 aliphatic carbocycles. The van der Waals surface area contributed by atoms with Gasteiger partial charge in [0, 0.05) is 5.02 Å². The minimum absolute atomic E-state index is 0.324. The standard InChI is InChI=1S/C17H17ClO4.2C2H6/c1-3-22-15-9-12(7-13(10-15)17(20)21-2)16(19)11-5-4-6-14(18)8-11;2*1-2/h4-10,16,19H,3H2,1-2H3;2*1-2H3. The molecule has 0 aliphatic heterocycles. The van der Waals surface area contributed by atoms with Crippen molar-refractivity contribution in [2.75, 3.05) is 13.7 Å². The van der Waals surface area contributed by atoms with Crippen LogP contribution in [0.1, 0.15) is 62.2 Å². The van der Waals surface area contributed by atoms with E-state index in [0.717, 1.165) is 0 Å². The van der Waals surface area contributed by atoms with Crippen molar-refractivity contribution in [2.24, 2.45) is 0 Å². The quantitative estimate of drug-likeness (QED) is 0.680. The number of aliphatic hydroxyl groups excluding tert-OH is 1. The predicted molar refractivity (Wildman–Crippen MR) is 107 cm³/mol. The van der Waals surface area contributed by atoms with Crippen molar-refractivity contribution in [3.63, 3.8) is 0 Å². The van der Waals surface area contributed by atoms with E-state index in [9.17, 15) is 9.90 Å². The molecular formula is C21H29ClO4. The molecule has 0 radical (unpaired) electrons. The molecule has 0 aliphatic rings. The van der Waals surface area contributed by atoms with Gasteiger partial charge in [-0.3, -0.25) is 0 Å². The summed E-state index contributed by atoms with van der Waals surface area (Å²) >= 11 is 5.95. The molecule has 0 spiro atoms. The molecule has 0 saturated carbocycles. The first kappa shape index (κ1) is 24.0. The number of esters is 1. The number of benzene rings is 2. The Morgan fingerprint density at radius 3 is 2.27 bits per heavy atom. The van der Waals surface area contributed by atoms with Crippen LogP contribution in [-0.2, 0) is 4.74 Å². The average molecular weight is 381 g/mol. The Hall–Kier alpha value is -2.04. The number of halogens is 1. The molecule has 5 heteroatoms. The molecule has 0 fully saturated rings. The van der Waals surface area contributed by atoms with Gasteiger partial charge in [0.15, 0.2) is 0 Å². The number of methoxy groups -OCH3 is 1. The number of carbonyl (C=O) groups excluding carboxylic acids is 1. The topological polar surface area (TPSA) is 55.8 Å². The van der Waals surface area contributed by atoms with Crippen molar-refractivity contribution in [2.45, 2.75) is 40.7 Å². The molecule has 2 aromatic carbocycles. The van der Waals surface area contributed by atoms with E-state index >= 15 is 0 Å². The minimum Gasteiger partial charge on any atom is -0.494 e. The molecule has 1 atom stereocenters. The van der Waals surface area contributed by atoms with Crippen LogP contribution < -0.4 is 4.74 Å². The molecule has 1 unspecified atom stereocenters. The monoisotopic (exact) mass is 380 g/mol. The van der Waals surface area contributed by atoms with Gasteiger partial charge in [-0.05, 0) is 48.4 Å². The number of hydrogen-bond acceptors (Lipinski definition) is 4. The van der Waals surface area contributed by atoms with Crippen LogP contribution in [0.5, 0.6) is 5.75 Å². The van der Waals surface area contributed by atoms with Crippen LogP contribution in [0.15, 0.2) is 42.5 Å². The summed E-state index contributed by atoms with van der Waals surface area (Å²) in [6.07, 6.45) is -0.914. The minimum atomic E-state index is -0.914. The van der Waals surface area contributed by atoms with Gasteiger partial charge in [0.25, 0.3) is 0 Å². The molecule has 2 aromatic rings. The maximum Gasteiger partial charge on any atom is 0.337 e. The Kier molecular flexibility index (Phi) is 12.2. The molecular weight excluding hydrogens is 352 g/mol. The first-order valence-corrected chi connectivity index (χ1v) is 9.22. The van der Waals surface area contributed by atoms with Gasteiger partial charge in [0.05, 0.1) is 19.3 Å². The van der Waals surface area contributed by atoms with Crippen molar-refractivity contribution in [1.29, 1.82) is 0 Å². The summed E-state index contributed by atoms with van der Waals surface area (Å²) in [5, 5.41) is 11.1. The van der Waals surface area contributed by atoms with E-state index in [0.29, 0.717) is 34.1 Å². The lowest BCUT2D eigenvalue weighted by Gasteiger charge is -2.15. The summed E-state index contributed by atoms with van der Waals surface area (Å²) in [7, 11) is 1.31. The van der Waals surface area contributed by atoms with Crippen molar-refractivity contribution in [3.05, 3.63) is 64.2 Å². The van der Waals surface area contributed by atoms with Crippen LogP contribution in [0.4, 0.5) is 0 Å². The van der Waals surface area contributed by atoms with Crippen LogP contribution in [0.25, 0.3) is 0 Å². The van der Waals surface area contributed by atoms with Gasteiger partial charge >= 0.3 is 5.97 Å². The highest BCUT2D eigenvalue weighted by atomic mass is 35.5. The number of hydrogen-bond donors (Lipinski definition) is 1. The number of aliphatic hydroxyl groups is 1. The molecule has 0 aromatic heterocycles. The van der Waals surface area contributed by atoms with Crippen LogP contribution in [-0.4, -0.2) is 24.8 Å². The van der Waals surface area contributed by atoms with Crippen molar-refractivity contribution >= 4 is 17.6 Å². The first-order chi connectivity index (χ1) is 12.5. The van der Waals surface area contributed by atoms with Gasteiger partial charge < -0.3 is 14.6 Å². The van der Waals surface area contributed by atoms with Gasteiger partial charge in [0.1, 0.15) is 11.9 Å². The Morgan fingerprint density at radius 2 is 1.73 bits per heavy atom. The SMILES string of the molecule is CC.CC.CCOc1cc(C(=O)OC)cc(C(O)c2cccc(Cl)c2)c1. The average Bonchev–Trinajstić information content (AvgIpc) is 2.70. The highest BCUT2D eigenvalue weighted by molar-refractivity contribution is 6.30. The van der Waals surface area contributed by atoms with Crippen molar-refractivity contribution < 1.29 is 19.4 Å². The number of ether oxygens (including phenoxy) is 2. The van der Waals surface area contributed by atoms with Crippen LogP contribution in [0, 0.1) is 0 Å². The maximum atomic E-state index is 11.8.